The zero-order chi connectivity index (χ0) is 12.1. The van der Waals surface area contributed by atoms with Gasteiger partial charge in [-0.1, -0.05) is 19.8 Å². The molecule has 1 heterocycles. The van der Waals surface area contributed by atoms with Crippen LogP contribution in [0, 0.1) is 25.2 Å². The molecule has 0 saturated heterocycles. The molecule has 1 rings (SSSR count). The van der Waals surface area contributed by atoms with Crippen LogP contribution in [0.5, 0.6) is 0 Å². The quantitative estimate of drug-likeness (QED) is 0.729. The van der Waals surface area contributed by atoms with Crippen molar-refractivity contribution in [3.8, 4) is 6.07 Å². The summed E-state index contributed by atoms with van der Waals surface area (Å²) in [5, 5.41) is 8.96. The summed E-state index contributed by atoms with van der Waals surface area (Å²) < 4.78 is 1.66. The van der Waals surface area contributed by atoms with E-state index in [0.29, 0.717) is 6.54 Å². The van der Waals surface area contributed by atoms with Gasteiger partial charge >= 0.3 is 0 Å². The maximum atomic E-state index is 11.9. The van der Waals surface area contributed by atoms with Gasteiger partial charge < -0.3 is 4.57 Å². The van der Waals surface area contributed by atoms with Crippen LogP contribution in [0.25, 0.3) is 0 Å². The Morgan fingerprint density at radius 2 is 2.06 bits per heavy atom. The van der Waals surface area contributed by atoms with Crippen molar-refractivity contribution in [1.29, 1.82) is 5.26 Å². The Kier molecular flexibility index (Phi) is 4.30. The minimum Gasteiger partial charge on any atom is -0.314 e. The van der Waals surface area contributed by atoms with Gasteiger partial charge in [0.05, 0.1) is 0 Å². The van der Waals surface area contributed by atoms with Gasteiger partial charge in [-0.15, -0.1) is 0 Å². The average Bonchev–Trinajstić information content (AvgIpc) is 2.26. The lowest BCUT2D eigenvalue weighted by Crippen LogP contribution is -2.24. The first-order valence-electron chi connectivity index (χ1n) is 5.72. The first-order valence-corrected chi connectivity index (χ1v) is 5.72. The number of unbranched alkanes of at least 4 members (excludes halogenated alkanes) is 2. The number of pyridine rings is 1. The van der Waals surface area contributed by atoms with Gasteiger partial charge in [0.15, 0.2) is 0 Å². The molecule has 0 radical (unpaired) electrons. The highest BCUT2D eigenvalue weighted by Crippen LogP contribution is 2.08. The number of nitrogens with zero attached hydrogens (tertiary/aromatic N) is 2. The maximum absolute atomic E-state index is 11.9. The van der Waals surface area contributed by atoms with Gasteiger partial charge in [-0.05, 0) is 31.4 Å². The van der Waals surface area contributed by atoms with Gasteiger partial charge in [0.1, 0.15) is 11.6 Å². The van der Waals surface area contributed by atoms with Crippen molar-refractivity contribution in [3.63, 3.8) is 0 Å². The summed E-state index contributed by atoms with van der Waals surface area (Å²) >= 11 is 0. The van der Waals surface area contributed by atoms with Crippen LogP contribution in [0.3, 0.4) is 0 Å². The largest absolute Gasteiger partial charge is 0.314 e. The molecule has 0 spiro atoms. The standard InChI is InChI=1S/C13H18N2O/c1-4-5-6-7-15-9-10(2)11(3)12(8-14)13(15)16/h9H,4-7H2,1-3H3. The Morgan fingerprint density at radius 1 is 1.38 bits per heavy atom. The zero-order valence-electron chi connectivity index (χ0n) is 10.2. The second-order valence-electron chi connectivity index (χ2n) is 4.13. The van der Waals surface area contributed by atoms with E-state index in [-0.39, 0.29) is 11.1 Å². The molecule has 3 nitrogen and oxygen atoms in total. The van der Waals surface area contributed by atoms with Crippen LogP contribution in [0.15, 0.2) is 11.0 Å². The van der Waals surface area contributed by atoms with Crippen molar-refractivity contribution in [2.75, 3.05) is 0 Å². The van der Waals surface area contributed by atoms with E-state index in [1.807, 2.05) is 26.1 Å². The highest BCUT2D eigenvalue weighted by atomic mass is 16.1. The van der Waals surface area contributed by atoms with E-state index < -0.39 is 0 Å². The molecule has 1 aromatic rings. The molecule has 0 aliphatic rings. The van der Waals surface area contributed by atoms with Gasteiger partial charge in [-0.25, -0.2) is 0 Å². The summed E-state index contributed by atoms with van der Waals surface area (Å²) in [6.45, 7) is 6.60. The molecule has 0 amide bonds. The van der Waals surface area contributed by atoms with E-state index in [1.165, 1.54) is 0 Å². The summed E-state index contributed by atoms with van der Waals surface area (Å²) in [4.78, 5) is 11.9. The molecule has 0 saturated carbocycles. The highest BCUT2D eigenvalue weighted by Gasteiger charge is 2.09. The number of aromatic nitrogens is 1. The third-order valence-electron chi connectivity index (χ3n) is 2.91. The molecule has 0 unspecified atom stereocenters. The number of hydrogen-bond donors (Lipinski definition) is 0. The predicted molar refractivity (Wildman–Crippen MR) is 64.4 cm³/mol. The summed E-state index contributed by atoms with van der Waals surface area (Å²) in [7, 11) is 0. The number of aryl methyl sites for hydroxylation is 2. The normalized spacial score (nSPS) is 10.1. The smallest absolute Gasteiger partial charge is 0.268 e. The van der Waals surface area contributed by atoms with Crippen LogP contribution >= 0.6 is 0 Å². The first kappa shape index (κ1) is 12.5. The van der Waals surface area contributed by atoms with Crippen LogP contribution in [0.1, 0.15) is 42.9 Å². The predicted octanol–water partition coefficient (Wildman–Crippen LogP) is 2.53. The topological polar surface area (TPSA) is 45.8 Å². The molecule has 3 heteroatoms. The second-order valence-corrected chi connectivity index (χ2v) is 4.13. The fraction of sp³-hybridized carbons (Fsp3) is 0.538. The van der Waals surface area contributed by atoms with Crippen molar-refractivity contribution >= 4 is 0 Å². The number of hydrogen-bond acceptors (Lipinski definition) is 2. The number of nitriles is 1. The van der Waals surface area contributed by atoms with E-state index in [9.17, 15) is 4.79 Å². The molecule has 0 N–H and O–H groups in total. The summed E-state index contributed by atoms with van der Waals surface area (Å²) in [5.74, 6) is 0. The molecular weight excluding hydrogens is 200 g/mol. The molecular formula is C13H18N2O. The van der Waals surface area contributed by atoms with Gasteiger partial charge in [0.2, 0.25) is 0 Å². The Labute approximate surface area is 96.3 Å². The minimum atomic E-state index is -0.151. The second kappa shape index (κ2) is 5.50. The van der Waals surface area contributed by atoms with E-state index in [2.05, 4.69) is 6.92 Å². The van der Waals surface area contributed by atoms with Crippen molar-refractivity contribution in [1.82, 2.24) is 4.57 Å². The van der Waals surface area contributed by atoms with Gasteiger partial charge in [0.25, 0.3) is 5.56 Å². The van der Waals surface area contributed by atoms with Crippen LogP contribution in [-0.4, -0.2) is 4.57 Å². The van der Waals surface area contributed by atoms with Crippen molar-refractivity contribution in [2.24, 2.45) is 0 Å². The van der Waals surface area contributed by atoms with Gasteiger partial charge in [0, 0.05) is 12.7 Å². The molecule has 0 aromatic carbocycles. The third kappa shape index (κ3) is 2.52. The lowest BCUT2D eigenvalue weighted by Gasteiger charge is -2.09. The van der Waals surface area contributed by atoms with E-state index in [4.69, 9.17) is 5.26 Å². The Balaban J connectivity index is 3.08. The fourth-order valence-electron chi connectivity index (χ4n) is 1.72. The summed E-state index contributed by atoms with van der Waals surface area (Å²) in [6.07, 6.45) is 5.09. The van der Waals surface area contributed by atoms with Crippen molar-refractivity contribution in [3.05, 3.63) is 33.2 Å². The van der Waals surface area contributed by atoms with Crippen LogP contribution < -0.4 is 5.56 Å². The van der Waals surface area contributed by atoms with E-state index in [0.717, 1.165) is 30.4 Å². The molecule has 16 heavy (non-hydrogen) atoms. The summed E-state index contributed by atoms with van der Waals surface area (Å²) in [5.41, 5.74) is 1.95. The zero-order valence-corrected chi connectivity index (χ0v) is 10.2. The van der Waals surface area contributed by atoms with Gasteiger partial charge in [-0.2, -0.15) is 5.26 Å². The minimum absolute atomic E-state index is 0.151. The summed E-state index contributed by atoms with van der Waals surface area (Å²) in [6, 6.07) is 2.00. The van der Waals surface area contributed by atoms with Crippen LogP contribution in [0.4, 0.5) is 0 Å². The highest BCUT2D eigenvalue weighted by molar-refractivity contribution is 5.38. The molecule has 0 aliphatic carbocycles. The third-order valence-corrected chi connectivity index (χ3v) is 2.91. The van der Waals surface area contributed by atoms with E-state index in [1.54, 1.807) is 4.57 Å². The molecule has 0 fully saturated rings. The van der Waals surface area contributed by atoms with Crippen LogP contribution in [0.2, 0.25) is 0 Å². The number of rotatable bonds is 4. The molecule has 0 bridgehead atoms. The van der Waals surface area contributed by atoms with Crippen molar-refractivity contribution < 1.29 is 0 Å². The lowest BCUT2D eigenvalue weighted by molar-refractivity contribution is 0.584. The molecule has 86 valence electrons. The van der Waals surface area contributed by atoms with Crippen molar-refractivity contribution in [2.45, 2.75) is 46.6 Å². The SMILES string of the molecule is CCCCCn1cc(C)c(C)c(C#N)c1=O. The Bertz CT molecular complexity index is 466. The van der Waals surface area contributed by atoms with Gasteiger partial charge in [-0.3, -0.25) is 4.79 Å². The first-order chi connectivity index (χ1) is 7.61. The van der Waals surface area contributed by atoms with Crippen LogP contribution in [-0.2, 0) is 6.54 Å². The average molecular weight is 218 g/mol. The maximum Gasteiger partial charge on any atom is 0.268 e. The van der Waals surface area contributed by atoms with E-state index >= 15 is 0 Å². The monoisotopic (exact) mass is 218 g/mol. The fourth-order valence-corrected chi connectivity index (χ4v) is 1.72. The Morgan fingerprint density at radius 3 is 2.62 bits per heavy atom. The lowest BCUT2D eigenvalue weighted by atomic mass is 10.1. The molecule has 0 aliphatic heterocycles. The molecule has 1 aromatic heterocycles. The Hall–Kier alpha value is -1.56. The molecule has 0 atom stereocenters.